The van der Waals surface area contributed by atoms with Crippen molar-refractivity contribution in [2.24, 2.45) is 10.2 Å². The Hall–Kier alpha value is -2.80. The normalized spacial score (nSPS) is 12.2. The zero-order valence-corrected chi connectivity index (χ0v) is 17.2. The third-order valence-corrected chi connectivity index (χ3v) is 4.82. The molecule has 0 saturated carbocycles. The summed E-state index contributed by atoms with van der Waals surface area (Å²) in [6, 6.07) is 13.9. The van der Waals surface area contributed by atoms with Crippen LogP contribution in [-0.4, -0.2) is 29.2 Å². The van der Waals surface area contributed by atoms with Gasteiger partial charge in [-0.3, -0.25) is 10.1 Å². The second-order valence-electron chi connectivity index (χ2n) is 7.02. The Kier molecular flexibility index (Phi) is 9.24. The molecule has 1 unspecified atom stereocenters. The Bertz CT molecular complexity index is 776. The quantitative estimate of drug-likeness (QED) is 0.263. The standard InChI is InChI=1S/C22H30N4O3/c1-3-5-7-22(17-27)25(16-6-4-2)20-12-8-18(9-13-20)23-24-19-10-14-21(15-11-19)26(28)29/h8-15,22,27H,3-7,16-17H2,1-2H3. The summed E-state index contributed by atoms with van der Waals surface area (Å²) in [5, 5.41) is 28.9. The number of rotatable bonds is 12. The summed E-state index contributed by atoms with van der Waals surface area (Å²) >= 11 is 0. The fraction of sp³-hybridized carbons (Fsp3) is 0.455. The van der Waals surface area contributed by atoms with E-state index in [4.69, 9.17) is 0 Å². The van der Waals surface area contributed by atoms with Gasteiger partial charge in [-0.15, -0.1) is 0 Å². The van der Waals surface area contributed by atoms with Crippen LogP contribution in [0.4, 0.5) is 22.7 Å². The van der Waals surface area contributed by atoms with Gasteiger partial charge in [-0.1, -0.05) is 33.1 Å². The Morgan fingerprint density at radius 2 is 1.52 bits per heavy atom. The van der Waals surface area contributed by atoms with Crippen molar-refractivity contribution in [1.29, 1.82) is 0 Å². The molecule has 1 atom stereocenters. The molecule has 1 N–H and O–H groups in total. The second-order valence-corrected chi connectivity index (χ2v) is 7.02. The lowest BCUT2D eigenvalue weighted by Gasteiger charge is -2.33. The van der Waals surface area contributed by atoms with Gasteiger partial charge < -0.3 is 10.0 Å². The van der Waals surface area contributed by atoms with Gasteiger partial charge in [0.2, 0.25) is 0 Å². The summed E-state index contributed by atoms with van der Waals surface area (Å²) in [4.78, 5) is 12.6. The molecule has 2 rings (SSSR count). The number of aliphatic hydroxyl groups is 1. The minimum atomic E-state index is -0.440. The summed E-state index contributed by atoms with van der Waals surface area (Å²) in [7, 11) is 0. The zero-order chi connectivity index (χ0) is 21.1. The first-order valence-electron chi connectivity index (χ1n) is 10.2. The zero-order valence-electron chi connectivity index (χ0n) is 17.2. The largest absolute Gasteiger partial charge is 0.394 e. The van der Waals surface area contributed by atoms with Gasteiger partial charge in [0.25, 0.3) is 5.69 Å². The summed E-state index contributed by atoms with van der Waals surface area (Å²) in [6.45, 7) is 5.38. The molecule has 29 heavy (non-hydrogen) atoms. The Labute approximate surface area is 172 Å². The maximum absolute atomic E-state index is 10.7. The minimum Gasteiger partial charge on any atom is -0.394 e. The van der Waals surface area contributed by atoms with Crippen LogP contribution in [0.25, 0.3) is 0 Å². The molecule has 0 aliphatic heterocycles. The van der Waals surface area contributed by atoms with Gasteiger partial charge in [0.05, 0.1) is 28.9 Å². The SMILES string of the molecule is CCCCC(CO)N(CCCC)c1ccc(N=Nc2ccc([N+](=O)[O-])cc2)cc1. The van der Waals surface area contributed by atoms with Crippen molar-refractivity contribution in [3.8, 4) is 0 Å². The molecule has 0 aromatic heterocycles. The van der Waals surface area contributed by atoms with Crippen LogP contribution >= 0.6 is 0 Å². The van der Waals surface area contributed by atoms with E-state index in [0.29, 0.717) is 11.4 Å². The molecule has 0 aliphatic carbocycles. The number of hydrogen-bond acceptors (Lipinski definition) is 6. The van der Waals surface area contributed by atoms with Gasteiger partial charge >= 0.3 is 0 Å². The minimum absolute atomic E-state index is 0.0296. The Morgan fingerprint density at radius 3 is 2.00 bits per heavy atom. The molecule has 0 amide bonds. The van der Waals surface area contributed by atoms with E-state index in [1.54, 1.807) is 12.1 Å². The fourth-order valence-corrected chi connectivity index (χ4v) is 3.10. The lowest BCUT2D eigenvalue weighted by atomic mass is 10.1. The second kappa shape index (κ2) is 11.9. The monoisotopic (exact) mass is 398 g/mol. The van der Waals surface area contributed by atoms with E-state index in [-0.39, 0.29) is 18.3 Å². The molecule has 2 aromatic carbocycles. The molecule has 7 nitrogen and oxygen atoms in total. The number of nitro groups is 1. The summed E-state index contributed by atoms with van der Waals surface area (Å²) in [5.74, 6) is 0. The predicted octanol–water partition coefficient (Wildman–Crippen LogP) is 6.17. The van der Waals surface area contributed by atoms with Crippen LogP contribution in [0, 0.1) is 10.1 Å². The van der Waals surface area contributed by atoms with Gasteiger partial charge in [-0.2, -0.15) is 10.2 Å². The Balaban J connectivity index is 2.11. The lowest BCUT2D eigenvalue weighted by molar-refractivity contribution is -0.384. The van der Waals surface area contributed by atoms with Crippen molar-refractivity contribution in [1.82, 2.24) is 0 Å². The highest BCUT2D eigenvalue weighted by molar-refractivity contribution is 5.54. The van der Waals surface area contributed by atoms with Gasteiger partial charge in [-0.05, 0) is 49.2 Å². The number of unbranched alkanes of at least 4 members (excludes halogenated alkanes) is 2. The van der Waals surface area contributed by atoms with Crippen molar-refractivity contribution in [3.05, 3.63) is 58.6 Å². The van der Waals surface area contributed by atoms with Gasteiger partial charge in [-0.25, -0.2) is 0 Å². The van der Waals surface area contributed by atoms with Crippen LogP contribution < -0.4 is 4.90 Å². The average Bonchev–Trinajstić information content (AvgIpc) is 2.75. The molecular formula is C22H30N4O3. The van der Waals surface area contributed by atoms with Gasteiger partial charge in [0.15, 0.2) is 0 Å². The van der Waals surface area contributed by atoms with Crippen LogP contribution in [0.1, 0.15) is 46.0 Å². The third-order valence-electron chi connectivity index (χ3n) is 4.82. The van der Waals surface area contributed by atoms with Gasteiger partial charge in [0.1, 0.15) is 0 Å². The molecule has 2 aromatic rings. The van der Waals surface area contributed by atoms with Crippen LogP contribution in [0.3, 0.4) is 0 Å². The molecule has 7 heteroatoms. The first-order chi connectivity index (χ1) is 14.1. The molecule has 0 bridgehead atoms. The number of benzene rings is 2. The lowest BCUT2D eigenvalue weighted by Crippen LogP contribution is -2.38. The molecule has 0 saturated heterocycles. The molecule has 0 heterocycles. The smallest absolute Gasteiger partial charge is 0.269 e. The van der Waals surface area contributed by atoms with E-state index < -0.39 is 4.92 Å². The number of anilines is 1. The van der Waals surface area contributed by atoms with E-state index in [1.807, 2.05) is 24.3 Å². The number of non-ortho nitro benzene ring substituents is 1. The van der Waals surface area contributed by atoms with Crippen molar-refractivity contribution >= 4 is 22.7 Å². The molecule has 0 fully saturated rings. The van der Waals surface area contributed by atoms with Crippen molar-refractivity contribution in [2.45, 2.75) is 52.0 Å². The third kappa shape index (κ3) is 6.94. The van der Waals surface area contributed by atoms with Crippen molar-refractivity contribution in [2.75, 3.05) is 18.1 Å². The first-order valence-corrected chi connectivity index (χ1v) is 10.2. The number of nitro benzene ring substituents is 1. The maximum atomic E-state index is 10.7. The van der Waals surface area contributed by atoms with Crippen molar-refractivity contribution < 1.29 is 10.0 Å². The van der Waals surface area contributed by atoms with Crippen LogP contribution in [-0.2, 0) is 0 Å². The highest BCUT2D eigenvalue weighted by Gasteiger charge is 2.17. The predicted molar refractivity (Wildman–Crippen MR) is 116 cm³/mol. The van der Waals surface area contributed by atoms with E-state index in [9.17, 15) is 15.2 Å². The molecule has 156 valence electrons. The van der Waals surface area contributed by atoms with Crippen LogP contribution in [0.15, 0.2) is 58.8 Å². The van der Waals surface area contributed by atoms with Crippen LogP contribution in [0.5, 0.6) is 0 Å². The van der Waals surface area contributed by atoms with E-state index >= 15 is 0 Å². The Morgan fingerprint density at radius 1 is 0.966 bits per heavy atom. The number of azo groups is 1. The summed E-state index contributed by atoms with van der Waals surface area (Å²) in [5.41, 5.74) is 2.37. The van der Waals surface area contributed by atoms with Gasteiger partial charge in [0, 0.05) is 24.4 Å². The highest BCUT2D eigenvalue weighted by Crippen LogP contribution is 2.26. The van der Waals surface area contributed by atoms with Crippen molar-refractivity contribution in [3.63, 3.8) is 0 Å². The highest BCUT2D eigenvalue weighted by atomic mass is 16.6. The van der Waals surface area contributed by atoms with E-state index in [2.05, 4.69) is 29.0 Å². The molecule has 0 radical (unpaired) electrons. The summed E-state index contributed by atoms with van der Waals surface area (Å²) in [6.07, 6.45) is 5.35. The number of hydrogen-bond donors (Lipinski definition) is 1. The summed E-state index contributed by atoms with van der Waals surface area (Å²) < 4.78 is 0. The topological polar surface area (TPSA) is 91.3 Å². The first kappa shape index (κ1) is 22.5. The fourth-order valence-electron chi connectivity index (χ4n) is 3.10. The van der Waals surface area contributed by atoms with E-state index in [0.717, 1.165) is 44.3 Å². The maximum Gasteiger partial charge on any atom is 0.269 e. The number of aliphatic hydroxyl groups excluding tert-OH is 1. The van der Waals surface area contributed by atoms with Crippen LogP contribution in [0.2, 0.25) is 0 Å². The van der Waals surface area contributed by atoms with E-state index in [1.165, 1.54) is 12.1 Å². The molecule has 0 aliphatic rings. The molecule has 0 spiro atoms. The average molecular weight is 399 g/mol. The molecular weight excluding hydrogens is 368 g/mol. The number of nitrogens with zero attached hydrogens (tertiary/aromatic N) is 4.